The Labute approximate surface area is 191 Å². The van der Waals surface area contributed by atoms with E-state index in [1.165, 1.54) is 22.9 Å². The summed E-state index contributed by atoms with van der Waals surface area (Å²) in [5, 5.41) is 15.7. The molecule has 11 heteroatoms. The molecule has 0 saturated heterocycles. The molecule has 0 spiro atoms. The van der Waals surface area contributed by atoms with Crippen LogP contribution in [0.5, 0.6) is 0 Å². The minimum atomic E-state index is -0.572. The third-order valence-electron chi connectivity index (χ3n) is 5.11. The van der Waals surface area contributed by atoms with Crippen LogP contribution in [0.1, 0.15) is 28.5 Å². The fourth-order valence-electron chi connectivity index (χ4n) is 3.43. The summed E-state index contributed by atoms with van der Waals surface area (Å²) >= 11 is 2.36. The van der Waals surface area contributed by atoms with E-state index in [0.717, 1.165) is 27.8 Å². The number of H-pyrrole nitrogens is 1. The number of fused-ring (bicyclic) bond motifs is 1. The van der Waals surface area contributed by atoms with E-state index in [1.54, 1.807) is 4.90 Å². The van der Waals surface area contributed by atoms with Gasteiger partial charge in [-0.1, -0.05) is 17.7 Å². The summed E-state index contributed by atoms with van der Waals surface area (Å²) in [5.74, 6) is -0.400. The highest BCUT2D eigenvalue weighted by molar-refractivity contribution is 7.99. The summed E-state index contributed by atoms with van der Waals surface area (Å²) in [4.78, 5) is 39.0. The molecule has 0 saturated carbocycles. The van der Waals surface area contributed by atoms with Gasteiger partial charge in [-0.15, -0.1) is 11.3 Å². The van der Waals surface area contributed by atoms with Gasteiger partial charge in [-0.25, -0.2) is 4.79 Å². The van der Waals surface area contributed by atoms with Gasteiger partial charge in [0.1, 0.15) is 11.1 Å². The Morgan fingerprint density at radius 1 is 1.38 bits per heavy atom. The lowest BCUT2D eigenvalue weighted by Crippen LogP contribution is -2.36. The number of aromatic amines is 1. The van der Waals surface area contributed by atoms with E-state index in [-0.39, 0.29) is 22.6 Å². The van der Waals surface area contributed by atoms with E-state index < -0.39 is 5.63 Å². The van der Waals surface area contributed by atoms with Gasteiger partial charge in [0.15, 0.2) is 0 Å². The number of carbonyl (C=O) groups is 2. The van der Waals surface area contributed by atoms with Crippen molar-refractivity contribution in [3.05, 3.63) is 56.3 Å². The van der Waals surface area contributed by atoms with Crippen LogP contribution >= 0.6 is 23.1 Å². The molecule has 0 aliphatic carbocycles. The summed E-state index contributed by atoms with van der Waals surface area (Å²) in [6, 6.07) is 9.67. The molecule has 2 amide bonds. The van der Waals surface area contributed by atoms with Gasteiger partial charge in [0.2, 0.25) is 17.5 Å². The molecular formula is C21H20N5O4S2+. The van der Waals surface area contributed by atoms with Gasteiger partial charge < -0.3 is 10.2 Å². The quantitative estimate of drug-likeness (QED) is 0.435. The minimum absolute atomic E-state index is 0.0169. The molecule has 0 radical (unpaired) electrons. The van der Waals surface area contributed by atoms with Gasteiger partial charge in [0, 0.05) is 30.5 Å². The topological polar surface area (TPSA) is 123 Å². The van der Waals surface area contributed by atoms with Crippen molar-refractivity contribution >= 4 is 39.9 Å². The monoisotopic (exact) mass is 470 g/mol. The molecule has 9 nitrogen and oxygen atoms in total. The normalized spacial score (nSPS) is 12.8. The number of hydrogen-bond acceptors (Lipinski definition) is 7. The average molecular weight is 471 g/mol. The molecule has 4 rings (SSSR count). The van der Waals surface area contributed by atoms with E-state index in [2.05, 4.69) is 16.7 Å². The maximum Gasteiger partial charge on any atom is 0.442 e. The van der Waals surface area contributed by atoms with Gasteiger partial charge in [-0.2, -0.15) is 5.26 Å². The Kier molecular flexibility index (Phi) is 6.16. The first-order valence-electron chi connectivity index (χ1n) is 9.80. The number of thioether (sulfide) groups is 1. The lowest BCUT2D eigenvalue weighted by molar-refractivity contribution is -0.704. The number of aromatic nitrogens is 2. The largest absolute Gasteiger partial charge is 0.442 e. The van der Waals surface area contributed by atoms with Gasteiger partial charge in [0.25, 0.3) is 0 Å². The Morgan fingerprint density at radius 3 is 2.81 bits per heavy atom. The summed E-state index contributed by atoms with van der Waals surface area (Å²) in [6.07, 6.45) is 0.583. The van der Waals surface area contributed by atoms with Crippen molar-refractivity contribution in [1.82, 2.24) is 10.2 Å². The molecule has 32 heavy (non-hydrogen) atoms. The molecule has 1 aliphatic heterocycles. The summed E-state index contributed by atoms with van der Waals surface area (Å²) in [6.45, 7) is 4.47. The fourth-order valence-corrected chi connectivity index (χ4v) is 5.43. The maximum absolute atomic E-state index is 12.6. The van der Waals surface area contributed by atoms with E-state index in [1.807, 2.05) is 31.2 Å². The third kappa shape index (κ3) is 4.32. The van der Waals surface area contributed by atoms with Gasteiger partial charge >= 0.3 is 10.7 Å². The number of nitrogens with one attached hydrogen (secondary N) is 2. The zero-order valence-corrected chi connectivity index (χ0v) is 19.1. The second-order valence-corrected chi connectivity index (χ2v) is 9.37. The molecule has 1 aromatic carbocycles. The summed E-state index contributed by atoms with van der Waals surface area (Å²) < 4.78 is 6.40. The van der Waals surface area contributed by atoms with Crippen molar-refractivity contribution in [3.63, 3.8) is 0 Å². The number of benzene rings is 1. The van der Waals surface area contributed by atoms with E-state index in [9.17, 15) is 19.6 Å². The number of hydrogen-bond donors (Lipinski definition) is 2. The highest BCUT2D eigenvalue weighted by Gasteiger charge is 2.28. The number of carbonyl (C=O) groups excluding carboxylic acids is 2. The zero-order valence-electron chi connectivity index (χ0n) is 17.4. The third-order valence-corrected chi connectivity index (χ3v) is 7.27. The molecular weight excluding hydrogens is 450 g/mol. The van der Waals surface area contributed by atoms with Crippen molar-refractivity contribution in [1.29, 1.82) is 5.26 Å². The highest BCUT2D eigenvalue weighted by atomic mass is 32.2. The number of aryl methyl sites for hydroxylation is 1. The van der Waals surface area contributed by atoms with Crippen LogP contribution in [0.2, 0.25) is 0 Å². The molecule has 0 atom stereocenters. The van der Waals surface area contributed by atoms with E-state index >= 15 is 0 Å². The van der Waals surface area contributed by atoms with Crippen LogP contribution in [0, 0.1) is 18.3 Å². The summed E-state index contributed by atoms with van der Waals surface area (Å²) in [5.41, 5.74) is 2.55. The van der Waals surface area contributed by atoms with Crippen LogP contribution in [0.3, 0.4) is 0 Å². The predicted molar refractivity (Wildman–Crippen MR) is 119 cm³/mol. The maximum atomic E-state index is 12.6. The molecule has 1 aliphatic rings. The molecule has 3 aromatic rings. The van der Waals surface area contributed by atoms with Crippen molar-refractivity contribution < 1.29 is 18.8 Å². The predicted octanol–water partition coefficient (Wildman–Crippen LogP) is 2.12. The van der Waals surface area contributed by atoms with E-state index in [0.29, 0.717) is 35.8 Å². The Bertz CT molecular complexity index is 1280. The number of anilines is 1. The van der Waals surface area contributed by atoms with Crippen LogP contribution < -0.4 is 15.6 Å². The zero-order chi connectivity index (χ0) is 22.8. The number of nitrogens with zero attached hydrogens (tertiary/aromatic N) is 3. The van der Waals surface area contributed by atoms with Crippen molar-refractivity contribution in [2.45, 2.75) is 31.8 Å². The lowest BCUT2D eigenvalue weighted by Gasteiger charge is -2.25. The number of nitriles is 1. The van der Waals surface area contributed by atoms with Crippen LogP contribution in [0.25, 0.3) is 5.69 Å². The van der Waals surface area contributed by atoms with Crippen molar-refractivity contribution in [2.75, 3.05) is 17.6 Å². The van der Waals surface area contributed by atoms with Crippen LogP contribution in [-0.4, -0.2) is 34.3 Å². The minimum Gasteiger partial charge on any atom is -0.337 e. The molecule has 2 N–H and O–H groups in total. The second-order valence-electron chi connectivity index (χ2n) is 7.30. The standard InChI is InChI=1S/C21H19N5O4S2/c1-12-3-5-14(6-4-12)26-20(21(29)30-24-26)31-11-18(28)23-19-16(9-22)15-7-8-25(13(2)27)10-17(15)32-19/h3-6H,7-8,10-11H2,1-2H3,(H-,23,24,28,29)/p+1. The molecule has 164 valence electrons. The van der Waals surface area contributed by atoms with Crippen molar-refractivity contribution in [2.24, 2.45) is 0 Å². The highest BCUT2D eigenvalue weighted by Crippen LogP contribution is 2.36. The first kappa shape index (κ1) is 21.9. The van der Waals surface area contributed by atoms with Crippen molar-refractivity contribution in [3.8, 4) is 11.8 Å². The first-order valence-corrected chi connectivity index (χ1v) is 11.6. The Hall–Kier alpha value is -3.36. The SMILES string of the molecule is CC(=O)N1CCc2c(sc(NC(=O)CSc3c(=O)o[nH][n+]3-c3ccc(C)cc3)c2C#N)C1. The van der Waals surface area contributed by atoms with Crippen LogP contribution in [0.4, 0.5) is 5.00 Å². The number of rotatable bonds is 5. The average Bonchev–Trinajstić information content (AvgIpc) is 3.31. The Morgan fingerprint density at radius 2 is 2.12 bits per heavy atom. The van der Waals surface area contributed by atoms with E-state index in [4.69, 9.17) is 4.52 Å². The summed E-state index contributed by atoms with van der Waals surface area (Å²) in [7, 11) is 0. The van der Waals surface area contributed by atoms with Gasteiger partial charge in [-0.05, 0) is 40.6 Å². The molecule has 0 unspecified atom stereocenters. The smallest absolute Gasteiger partial charge is 0.337 e. The van der Waals surface area contributed by atoms with Crippen LogP contribution in [0.15, 0.2) is 38.6 Å². The molecule has 0 bridgehead atoms. The van der Waals surface area contributed by atoms with Crippen LogP contribution in [-0.2, 0) is 22.6 Å². The first-order chi connectivity index (χ1) is 15.4. The second kappa shape index (κ2) is 9.02. The van der Waals surface area contributed by atoms with Gasteiger partial charge in [-0.3, -0.25) is 14.1 Å². The Balaban J connectivity index is 1.48. The molecule has 3 heterocycles. The number of amides is 2. The fraction of sp³-hybridized carbons (Fsp3) is 0.286. The van der Waals surface area contributed by atoms with Gasteiger partial charge in [0.05, 0.1) is 17.9 Å². The molecule has 2 aromatic heterocycles. The lowest BCUT2D eigenvalue weighted by atomic mass is 10.0. The molecule has 0 fully saturated rings. The number of thiophene rings is 1.